The summed E-state index contributed by atoms with van der Waals surface area (Å²) in [5.74, 6) is -2.22. The van der Waals surface area contributed by atoms with Crippen LogP contribution in [0.1, 0.15) is 76.8 Å². The number of hydrogen-bond donors (Lipinski definition) is 3. The van der Waals surface area contributed by atoms with Crippen LogP contribution in [0.5, 0.6) is 0 Å². The SMILES string of the molecule is CC[C@@]1(O)C(=O)OCc2c1cc1n(c2=O)C(=O)c2c-1nc1cc(F)c(C)c3c1c2[C@@H](NC(=O)CCC[Si](C)(C)O)CC3. The van der Waals surface area contributed by atoms with E-state index in [1.807, 2.05) is 13.1 Å². The number of aryl methyl sites for hydroxylation is 1. The lowest BCUT2D eigenvalue weighted by Crippen LogP contribution is -2.44. The molecule has 6 rings (SSSR count). The number of nitrogens with zero attached hydrogens (tertiary/aromatic N) is 2. The number of carbonyl (C=O) groups is 3. The summed E-state index contributed by atoms with van der Waals surface area (Å²) in [5.41, 5.74) is -0.485. The lowest BCUT2D eigenvalue weighted by atomic mass is 9.81. The Bertz CT molecular complexity index is 1790. The van der Waals surface area contributed by atoms with Gasteiger partial charge in [-0.15, -0.1) is 0 Å². The predicted molar refractivity (Wildman–Crippen MR) is 153 cm³/mol. The van der Waals surface area contributed by atoms with E-state index in [-0.39, 0.29) is 59.0 Å². The Morgan fingerprint density at radius 3 is 2.69 bits per heavy atom. The monoisotopic (exact) mass is 593 g/mol. The number of pyridine rings is 2. The van der Waals surface area contributed by atoms with Crippen LogP contribution in [-0.2, 0) is 33.0 Å². The molecule has 2 aliphatic heterocycles. The second-order valence-electron chi connectivity index (χ2n) is 12.1. The van der Waals surface area contributed by atoms with Gasteiger partial charge in [-0.2, -0.15) is 0 Å². The van der Waals surface area contributed by atoms with Crippen LogP contribution in [0.4, 0.5) is 4.39 Å². The van der Waals surface area contributed by atoms with Crippen molar-refractivity contribution in [3.05, 3.63) is 61.7 Å². The average Bonchev–Trinajstić information content (AvgIpc) is 3.20. The summed E-state index contributed by atoms with van der Waals surface area (Å²) < 4.78 is 21.1. The van der Waals surface area contributed by atoms with Crippen molar-refractivity contribution in [2.75, 3.05) is 0 Å². The van der Waals surface area contributed by atoms with E-state index < -0.39 is 43.2 Å². The predicted octanol–water partition coefficient (Wildman–Crippen LogP) is 3.25. The van der Waals surface area contributed by atoms with Gasteiger partial charge in [0, 0.05) is 23.4 Å². The van der Waals surface area contributed by atoms with Crippen molar-refractivity contribution < 1.29 is 33.4 Å². The Balaban J connectivity index is 1.55. The highest BCUT2D eigenvalue weighted by Gasteiger charge is 2.47. The number of carbonyl (C=O) groups excluding carboxylic acids is 3. The van der Waals surface area contributed by atoms with Crippen LogP contribution >= 0.6 is 0 Å². The number of nitrogens with one attached hydrogen (secondary N) is 1. The summed E-state index contributed by atoms with van der Waals surface area (Å²) in [6.45, 7) is 6.49. The average molecular weight is 594 g/mol. The van der Waals surface area contributed by atoms with Crippen LogP contribution in [0, 0.1) is 12.7 Å². The Labute approximate surface area is 241 Å². The van der Waals surface area contributed by atoms with Gasteiger partial charge in [-0.3, -0.25) is 14.4 Å². The lowest BCUT2D eigenvalue weighted by molar-refractivity contribution is -0.172. The third-order valence-electron chi connectivity index (χ3n) is 8.81. The number of cyclic esters (lactones) is 1. The second-order valence-corrected chi connectivity index (χ2v) is 16.2. The summed E-state index contributed by atoms with van der Waals surface area (Å²) in [6.07, 6.45) is 1.51. The molecular formula is C30H32FN3O7Si. The van der Waals surface area contributed by atoms with Crippen LogP contribution in [0.2, 0.25) is 19.1 Å². The van der Waals surface area contributed by atoms with Gasteiger partial charge in [0.2, 0.25) is 5.91 Å². The summed E-state index contributed by atoms with van der Waals surface area (Å²) in [5, 5.41) is 14.8. The fourth-order valence-corrected chi connectivity index (χ4v) is 7.58. The van der Waals surface area contributed by atoms with Gasteiger partial charge in [-0.05, 0) is 74.5 Å². The van der Waals surface area contributed by atoms with Crippen molar-refractivity contribution in [2.45, 2.75) is 83.3 Å². The molecule has 0 spiro atoms. The molecule has 10 nitrogen and oxygen atoms in total. The van der Waals surface area contributed by atoms with Gasteiger partial charge in [0.05, 0.1) is 28.4 Å². The largest absolute Gasteiger partial charge is 0.458 e. The zero-order chi connectivity index (χ0) is 30.3. The summed E-state index contributed by atoms with van der Waals surface area (Å²) in [6, 6.07) is 2.69. The van der Waals surface area contributed by atoms with Gasteiger partial charge in [0.25, 0.3) is 11.5 Å². The third kappa shape index (κ3) is 4.15. The summed E-state index contributed by atoms with van der Waals surface area (Å²) in [7, 11) is -2.32. The molecule has 3 aromatic rings. The Kier molecular flexibility index (Phi) is 6.52. The molecule has 0 unspecified atom stereocenters. The summed E-state index contributed by atoms with van der Waals surface area (Å²) in [4.78, 5) is 68.2. The molecule has 3 aliphatic rings. The number of fused-ring (bicyclic) bond motifs is 5. The van der Waals surface area contributed by atoms with Crippen LogP contribution in [0.15, 0.2) is 16.9 Å². The molecule has 0 bridgehead atoms. The number of amides is 1. The second kappa shape index (κ2) is 9.65. The van der Waals surface area contributed by atoms with Crippen LogP contribution in [0.3, 0.4) is 0 Å². The molecule has 0 radical (unpaired) electrons. The number of hydrogen-bond acceptors (Lipinski definition) is 8. The number of ether oxygens (including phenoxy) is 1. The van der Waals surface area contributed by atoms with E-state index in [1.165, 1.54) is 12.1 Å². The topological polar surface area (TPSA) is 148 Å². The number of halogens is 1. The Hall–Kier alpha value is -3.74. The molecular weight excluding hydrogens is 561 g/mol. The number of aromatic nitrogens is 2. The fraction of sp³-hybridized carbons (Fsp3) is 0.433. The van der Waals surface area contributed by atoms with E-state index >= 15 is 4.39 Å². The first-order valence-corrected chi connectivity index (χ1v) is 17.3. The Morgan fingerprint density at radius 2 is 2.00 bits per heavy atom. The van der Waals surface area contributed by atoms with E-state index in [0.29, 0.717) is 47.4 Å². The maximum absolute atomic E-state index is 15.1. The number of aliphatic hydroxyl groups is 1. The third-order valence-corrected chi connectivity index (χ3v) is 10.4. The normalized spacial score (nSPS) is 20.7. The summed E-state index contributed by atoms with van der Waals surface area (Å²) >= 11 is 0. The molecule has 12 heteroatoms. The van der Waals surface area contributed by atoms with E-state index in [1.54, 1.807) is 13.8 Å². The maximum Gasteiger partial charge on any atom is 0.343 e. The van der Waals surface area contributed by atoms with Crippen molar-refractivity contribution in [1.29, 1.82) is 0 Å². The van der Waals surface area contributed by atoms with Gasteiger partial charge in [0.1, 0.15) is 18.1 Å². The molecule has 220 valence electrons. The van der Waals surface area contributed by atoms with Gasteiger partial charge < -0.3 is 20.0 Å². The first-order chi connectivity index (χ1) is 19.8. The van der Waals surface area contributed by atoms with E-state index in [9.17, 15) is 29.1 Å². The van der Waals surface area contributed by atoms with Gasteiger partial charge in [0.15, 0.2) is 13.9 Å². The van der Waals surface area contributed by atoms with Crippen LogP contribution < -0.4 is 10.9 Å². The zero-order valence-electron chi connectivity index (χ0n) is 23.9. The van der Waals surface area contributed by atoms with E-state index in [2.05, 4.69) is 10.3 Å². The van der Waals surface area contributed by atoms with Gasteiger partial charge in [-0.25, -0.2) is 18.7 Å². The lowest BCUT2D eigenvalue weighted by Gasteiger charge is -2.31. The first-order valence-electron chi connectivity index (χ1n) is 14.2. The fourth-order valence-electron chi connectivity index (χ4n) is 6.54. The minimum Gasteiger partial charge on any atom is -0.458 e. The van der Waals surface area contributed by atoms with Crippen molar-refractivity contribution in [2.24, 2.45) is 0 Å². The number of esters is 1. The van der Waals surface area contributed by atoms with E-state index in [0.717, 1.165) is 4.57 Å². The minimum absolute atomic E-state index is 0.00448. The molecule has 0 fully saturated rings. The number of benzene rings is 1. The molecule has 1 aliphatic carbocycles. The van der Waals surface area contributed by atoms with Crippen LogP contribution in [0.25, 0.3) is 22.3 Å². The van der Waals surface area contributed by atoms with Gasteiger partial charge >= 0.3 is 5.97 Å². The molecule has 2 aromatic heterocycles. The molecule has 3 N–H and O–H groups in total. The molecule has 42 heavy (non-hydrogen) atoms. The standard InChI is InChI=1S/C30H32FN3O7Si/c1-5-30(39)17-11-21-26-25(28(37)34(21)27(36)16(17)13-41-29(30)38)24-19(32-22(35)7-6-10-42(3,4)40)9-8-15-14(2)18(31)12-20(33-26)23(15)24/h11-12,19,39-40H,5-10,13H2,1-4H3,(H,32,35)/t19-,30-/m0/s1. The highest BCUT2D eigenvalue weighted by Crippen LogP contribution is 2.46. The molecule has 2 atom stereocenters. The van der Waals surface area contributed by atoms with Gasteiger partial charge in [-0.1, -0.05) is 6.92 Å². The quantitative estimate of drug-likeness (QED) is 0.228. The molecule has 1 aromatic carbocycles. The maximum atomic E-state index is 15.1. The van der Waals surface area contributed by atoms with Crippen molar-refractivity contribution in [3.8, 4) is 11.4 Å². The molecule has 1 amide bonds. The minimum atomic E-state index is -2.32. The Morgan fingerprint density at radius 1 is 1.26 bits per heavy atom. The molecule has 0 saturated heterocycles. The zero-order valence-corrected chi connectivity index (χ0v) is 24.9. The molecule has 0 saturated carbocycles. The highest BCUT2D eigenvalue weighted by molar-refractivity contribution is 6.69. The highest BCUT2D eigenvalue weighted by atomic mass is 28.4. The molecule has 4 heterocycles. The van der Waals surface area contributed by atoms with Crippen LogP contribution in [-0.4, -0.2) is 45.6 Å². The van der Waals surface area contributed by atoms with E-state index in [4.69, 9.17) is 4.74 Å². The first kappa shape index (κ1) is 28.4. The van der Waals surface area contributed by atoms with Crippen molar-refractivity contribution in [3.63, 3.8) is 0 Å². The smallest absolute Gasteiger partial charge is 0.343 e. The van der Waals surface area contributed by atoms with Crippen molar-refractivity contribution in [1.82, 2.24) is 14.9 Å². The van der Waals surface area contributed by atoms with Crippen molar-refractivity contribution >= 4 is 37.0 Å². The number of rotatable bonds is 6.